The molecule has 0 radical (unpaired) electrons. The Balaban J connectivity index is 2.68. The highest BCUT2D eigenvalue weighted by Crippen LogP contribution is 2.40. The standard InChI is InChI=1S/C21H28O2/c1-20(2,3)17-12-15(13-18(19(17)22)21(4,5)6)14-8-10-16(23-7)11-9-14/h8-13,22H,1-7H3/p-1. The molecule has 0 unspecified atom stereocenters. The first-order chi connectivity index (χ1) is 10.5. The summed E-state index contributed by atoms with van der Waals surface area (Å²) in [4.78, 5) is 0. The Hall–Kier alpha value is -1.96. The Morgan fingerprint density at radius 2 is 1.17 bits per heavy atom. The molecule has 23 heavy (non-hydrogen) atoms. The van der Waals surface area contributed by atoms with E-state index in [0.717, 1.165) is 28.0 Å². The van der Waals surface area contributed by atoms with Gasteiger partial charge < -0.3 is 9.84 Å². The van der Waals surface area contributed by atoms with Crippen LogP contribution < -0.4 is 9.84 Å². The molecule has 0 N–H and O–H groups in total. The van der Waals surface area contributed by atoms with Crippen molar-refractivity contribution in [1.82, 2.24) is 0 Å². The molecule has 2 aromatic rings. The molecule has 124 valence electrons. The van der Waals surface area contributed by atoms with Crippen LogP contribution in [0.25, 0.3) is 11.1 Å². The highest BCUT2D eigenvalue weighted by molar-refractivity contribution is 5.69. The smallest absolute Gasteiger partial charge is 0.118 e. The summed E-state index contributed by atoms with van der Waals surface area (Å²) in [5.41, 5.74) is 3.56. The predicted molar refractivity (Wildman–Crippen MR) is 95.3 cm³/mol. The first kappa shape index (κ1) is 17.4. The third-order valence-corrected chi connectivity index (χ3v) is 4.13. The average Bonchev–Trinajstić information content (AvgIpc) is 2.45. The van der Waals surface area contributed by atoms with Gasteiger partial charge in [0.1, 0.15) is 5.75 Å². The largest absolute Gasteiger partial charge is 0.872 e. The van der Waals surface area contributed by atoms with Gasteiger partial charge in [0.15, 0.2) is 0 Å². The molecule has 2 nitrogen and oxygen atoms in total. The van der Waals surface area contributed by atoms with E-state index in [1.165, 1.54) is 0 Å². The first-order valence-corrected chi connectivity index (χ1v) is 8.04. The third kappa shape index (κ3) is 3.69. The van der Waals surface area contributed by atoms with Crippen molar-refractivity contribution in [3.63, 3.8) is 0 Å². The van der Waals surface area contributed by atoms with Crippen LogP contribution in [0, 0.1) is 0 Å². The fourth-order valence-corrected chi connectivity index (χ4v) is 2.69. The van der Waals surface area contributed by atoms with Gasteiger partial charge in [-0.05, 0) is 45.2 Å². The summed E-state index contributed by atoms with van der Waals surface area (Å²) in [6.07, 6.45) is 0. The van der Waals surface area contributed by atoms with E-state index in [4.69, 9.17) is 4.74 Å². The summed E-state index contributed by atoms with van der Waals surface area (Å²) < 4.78 is 5.23. The fourth-order valence-electron chi connectivity index (χ4n) is 2.69. The molecule has 2 aromatic carbocycles. The molecule has 0 amide bonds. The van der Waals surface area contributed by atoms with Crippen LogP contribution in [0.2, 0.25) is 0 Å². The van der Waals surface area contributed by atoms with Gasteiger partial charge in [-0.25, -0.2) is 0 Å². The van der Waals surface area contributed by atoms with Crippen LogP contribution in [-0.4, -0.2) is 7.11 Å². The average molecular weight is 311 g/mol. The number of ether oxygens (including phenoxy) is 1. The Morgan fingerprint density at radius 1 is 0.739 bits per heavy atom. The SMILES string of the molecule is COc1ccc(-c2cc(C(C)(C)C)c([O-])c(C(C)(C)C)c2)cc1. The third-order valence-electron chi connectivity index (χ3n) is 4.13. The van der Waals surface area contributed by atoms with Gasteiger partial charge in [-0.3, -0.25) is 0 Å². The van der Waals surface area contributed by atoms with Crippen LogP contribution in [-0.2, 0) is 10.8 Å². The van der Waals surface area contributed by atoms with Crippen molar-refractivity contribution in [2.24, 2.45) is 0 Å². The van der Waals surface area contributed by atoms with Gasteiger partial charge in [0.2, 0.25) is 0 Å². The van der Waals surface area contributed by atoms with Gasteiger partial charge >= 0.3 is 0 Å². The lowest BCUT2D eigenvalue weighted by Crippen LogP contribution is -2.21. The number of methoxy groups -OCH3 is 1. The Morgan fingerprint density at radius 3 is 1.52 bits per heavy atom. The molecule has 0 aliphatic heterocycles. The first-order valence-electron chi connectivity index (χ1n) is 8.04. The molecule has 0 saturated carbocycles. The van der Waals surface area contributed by atoms with Crippen LogP contribution in [0.1, 0.15) is 52.7 Å². The van der Waals surface area contributed by atoms with Gasteiger partial charge in [0, 0.05) is 0 Å². The summed E-state index contributed by atoms with van der Waals surface area (Å²) in [6.45, 7) is 12.5. The molecule has 0 saturated heterocycles. The maximum atomic E-state index is 12.9. The van der Waals surface area contributed by atoms with E-state index in [9.17, 15) is 5.11 Å². The Labute approximate surface area is 140 Å². The molecule has 0 heterocycles. The van der Waals surface area contributed by atoms with E-state index in [0.29, 0.717) is 0 Å². The van der Waals surface area contributed by atoms with Crippen molar-refractivity contribution in [2.75, 3.05) is 7.11 Å². The number of hydrogen-bond acceptors (Lipinski definition) is 2. The van der Waals surface area contributed by atoms with Crippen molar-refractivity contribution in [1.29, 1.82) is 0 Å². The molecule has 0 atom stereocenters. The van der Waals surface area contributed by atoms with Crippen molar-refractivity contribution in [3.05, 3.63) is 47.5 Å². The van der Waals surface area contributed by atoms with Crippen molar-refractivity contribution in [3.8, 4) is 22.6 Å². The van der Waals surface area contributed by atoms with Crippen LogP contribution in [0.5, 0.6) is 11.5 Å². The molecule has 2 rings (SSSR count). The monoisotopic (exact) mass is 311 g/mol. The summed E-state index contributed by atoms with van der Waals surface area (Å²) >= 11 is 0. The van der Waals surface area contributed by atoms with Gasteiger partial charge in [-0.15, -0.1) is 5.75 Å². The molecular formula is C21H27O2-. The summed E-state index contributed by atoms with van der Waals surface area (Å²) in [7, 11) is 1.66. The zero-order valence-corrected chi connectivity index (χ0v) is 15.3. The van der Waals surface area contributed by atoms with E-state index < -0.39 is 0 Å². The highest BCUT2D eigenvalue weighted by Gasteiger charge is 2.22. The van der Waals surface area contributed by atoms with Crippen molar-refractivity contribution in [2.45, 2.75) is 52.4 Å². The molecular weight excluding hydrogens is 284 g/mol. The zero-order chi connectivity index (χ0) is 17.4. The molecule has 0 bridgehead atoms. The normalized spacial score (nSPS) is 12.3. The predicted octanol–water partition coefficient (Wildman–Crippen LogP) is 5.03. The maximum absolute atomic E-state index is 12.9. The van der Waals surface area contributed by atoms with Crippen molar-refractivity contribution < 1.29 is 9.84 Å². The van der Waals surface area contributed by atoms with Crippen LogP contribution in [0.3, 0.4) is 0 Å². The number of rotatable bonds is 2. The lowest BCUT2D eigenvalue weighted by atomic mass is 9.78. The van der Waals surface area contributed by atoms with Gasteiger partial charge in [0.05, 0.1) is 7.11 Å². The summed E-state index contributed by atoms with van der Waals surface area (Å²) in [5, 5.41) is 12.9. The van der Waals surface area contributed by atoms with E-state index in [-0.39, 0.29) is 16.6 Å². The van der Waals surface area contributed by atoms with Gasteiger partial charge in [-0.2, -0.15) is 0 Å². The Kier molecular flexibility index (Phi) is 4.48. The van der Waals surface area contributed by atoms with Gasteiger partial charge in [-0.1, -0.05) is 65.8 Å². The Bertz CT molecular complexity index is 648. The lowest BCUT2D eigenvalue weighted by Gasteiger charge is -2.34. The molecule has 2 heteroatoms. The molecule has 0 fully saturated rings. The van der Waals surface area contributed by atoms with Crippen LogP contribution in [0.4, 0.5) is 0 Å². The molecule has 0 aliphatic carbocycles. The van der Waals surface area contributed by atoms with Gasteiger partial charge in [0.25, 0.3) is 0 Å². The second-order valence-corrected chi connectivity index (χ2v) is 8.13. The minimum absolute atomic E-state index is 0.169. The molecule has 0 spiro atoms. The van der Waals surface area contributed by atoms with Crippen LogP contribution in [0.15, 0.2) is 36.4 Å². The summed E-state index contributed by atoms with van der Waals surface area (Å²) in [6, 6.07) is 12.1. The zero-order valence-electron chi connectivity index (χ0n) is 15.3. The van der Waals surface area contributed by atoms with Crippen LogP contribution >= 0.6 is 0 Å². The second kappa shape index (κ2) is 5.92. The second-order valence-electron chi connectivity index (χ2n) is 8.13. The lowest BCUT2D eigenvalue weighted by molar-refractivity contribution is -0.271. The number of benzene rings is 2. The quantitative estimate of drug-likeness (QED) is 0.779. The molecule has 0 aromatic heterocycles. The minimum atomic E-state index is -0.181. The number of hydrogen-bond donors (Lipinski definition) is 0. The van der Waals surface area contributed by atoms with E-state index in [2.05, 4.69) is 41.5 Å². The fraction of sp³-hybridized carbons (Fsp3) is 0.429. The van der Waals surface area contributed by atoms with Crippen molar-refractivity contribution >= 4 is 0 Å². The highest BCUT2D eigenvalue weighted by atomic mass is 16.5. The van der Waals surface area contributed by atoms with E-state index in [1.54, 1.807) is 7.11 Å². The van der Waals surface area contributed by atoms with E-state index >= 15 is 0 Å². The summed E-state index contributed by atoms with van der Waals surface area (Å²) in [5.74, 6) is 1.00. The molecule has 0 aliphatic rings. The van der Waals surface area contributed by atoms with E-state index in [1.807, 2.05) is 36.4 Å². The topological polar surface area (TPSA) is 32.3 Å². The maximum Gasteiger partial charge on any atom is 0.118 e. The minimum Gasteiger partial charge on any atom is -0.872 e.